The van der Waals surface area contributed by atoms with Gasteiger partial charge in [-0.25, -0.2) is 9.07 Å². The molecule has 0 fully saturated rings. The van der Waals surface area contributed by atoms with E-state index >= 15 is 0 Å². The van der Waals surface area contributed by atoms with Crippen LogP contribution in [0, 0.1) is 5.82 Å². The van der Waals surface area contributed by atoms with E-state index in [0.717, 1.165) is 5.52 Å². The molecular formula is C19H17FN4O3. The van der Waals surface area contributed by atoms with Gasteiger partial charge in [-0.1, -0.05) is 19.1 Å². The van der Waals surface area contributed by atoms with Gasteiger partial charge in [0.2, 0.25) is 5.91 Å². The molecule has 1 amide bonds. The summed E-state index contributed by atoms with van der Waals surface area (Å²) in [5, 5.41) is 6.92. The molecule has 0 aliphatic heterocycles. The van der Waals surface area contributed by atoms with Crippen molar-refractivity contribution in [2.75, 3.05) is 0 Å². The van der Waals surface area contributed by atoms with Crippen molar-refractivity contribution in [3.63, 3.8) is 0 Å². The molecule has 0 spiro atoms. The van der Waals surface area contributed by atoms with Crippen LogP contribution in [0.4, 0.5) is 4.39 Å². The van der Waals surface area contributed by atoms with E-state index < -0.39 is 6.04 Å². The maximum Gasteiger partial charge on any atom is 0.291 e. The van der Waals surface area contributed by atoms with E-state index in [0.29, 0.717) is 23.1 Å². The first-order chi connectivity index (χ1) is 13.1. The van der Waals surface area contributed by atoms with Crippen molar-refractivity contribution in [3.05, 3.63) is 70.7 Å². The number of fused-ring (bicyclic) bond motifs is 3. The summed E-state index contributed by atoms with van der Waals surface area (Å²) >= 11 is 0. The third kappa shape index (κ3) is 2.99. The topological polar surface area (TPSA) is 81.5 Å². The molecular weight excluding hydrogens is 351 g/mol. The van der Waals surface area contributed by atoms with E-state index in [1.54, 1.807) is 35.6 Å². The first-order valence-electron chi connectivity index (χ1n) is 8.56. The second kappa shape index (κ2) is 6.71. The van der Waals surface area contributed by atoms with Crippen molar-refractivity contribution in [2.45, 2.75) is 25.9 Å². The van der Waals surface area contributed by atoms with Crippen LogP contribution in [0.3, 0.4) is 0 Å². The van der Waals surface area contributed by atoms with Crippen molar-refractivity contribution in [1.82, 2.24) is 19.5 Å². The van der Waals surface area contributed by atoms with E-state index in [1.165, 1.54) is 29.4 Å². The average Bonchev–Trinajstić information content (AvgIpc) is 3.24. The number of amides is 1. The maximum atomic E-state index is 13.3. The van der Waals surface area contributed by atoms with Gasteiger partial charge in [0, 0.05) is 18.7 Å². The van der Waals surface area contributed by atoms with Crippen LogP contribution < -0.4 is 10.9 Å². The van der Waals surface area contributed by atoms with Gasteiger partial charge in [-0.2, -0.15) is 5.10 Å². The van der Waals surface area contributed by atoms with E-state index in [-0.39, 0.29) is 23.8 Å². The number of halogens is 1. The summed E-state index contributed by atoms with van der Waals surface area (Å²) in [5.41, 5.74) is 1.97. The molecule has 0 saturated carbocycles. The third-order valence-electron chi connectivity index (χ3n) is 4.52. The number of furan rings is 1. The van der Waals surface area contributed by atoms with Gasteiger partial charge in [0.25, 0.3) is 5.56 Å². The van der Waals surface area contributed by atoms with Gasteiger partial charge in [0.1, 0.15) is 23.7 Å². The Bertz CT molecular complexity index is 1190. The highest BCUT2D eigenvalue weighted by molar-refractivity contribution is 5.82. The molecule has 1 aromatic carbocycles. The molecule has 8 heteroatoms. The Kier molecular flexibility index (Phi) is 4.23. The minimum Gasteiger partial charge on any atom is -0.463 e. The molecule has 1 unspecified atom stereocenters. The number of nitrogens with zero attached hydrogens (tertiary/aromatic N) is 3. The van der Waals surface area contributed by atoms with Gasteiger partial charge in [0.05, 0.1) is 11.8 Å². The lowest BCUT2D eigenvalue weighted by Gasteiger charge is -2.17. The van der Waals surface area contributed by atoms with Crippen LogP contribution in [0.2, 0.25) is 0 Å². The molecule has 3 aromatic heterocycles. The molecule has 1 N–H and O–H groups in total. The lowest BCUT2D eigenvalue weighted by atomic mass is 10.2. The Balaban J connectivity index is 1.62. The molecule has 1 atom stereocenters. The Morgan fingerprint density at radius 2 is 2.15 bits per heavy atom. The first kappa shape index (κ1) is 17.0. The highest BCUT2D eigenvalue weighted by Gasteiger charge is 2.22. The number of rotatable bonds is 5. The lowest BCUT2D eigenvalue weighted by molar-refractivity contribution is -0.125. The highest BCUT2D eigenvalue weighted by atomic mass is 19.1. The van der Waals surface area contributed by atoms with Crippen LogP contribution in [0.15, 0.2) is 58.2 Å². The van der Waals surface area contributed by atoms with E-state index in [1.807, 2.05) is 0 Å². The van der Waals surface area contributed by atoms with Crippen LogP contribution in [-0.4, -0.2) is 20.1 Å². The van der Waals surface area contributed by atoms with E-state index in [2.05, 4.69) is 10.4 Å². The predicted octanol–water partition coefficient (Wildman–Crippen LogP) is 2.65. The van der Waals surface area contributed by atoms with Gasteiger partial charge in [-0.05, 0) is 24.1 Å². The Hall–Kier alpha value is -3.42. The SMILES string of the molecule is CCC(C(=O)NCc1cccc(F)c1)n1ncn2c(cc3occc32)c1=O. The zero-order valence-electron chi connectivity index (χ0n) is 14.6. The second-order valence-electron chi connectivity index (χ2n) is 6.22. The summed E-state index contributed by atoms with van der Waals surface area (Å²) in [7, 11) is 0. The zero-order chi connectivity index (χ0) is 19.0. The van der Waals surface area contributed by atoms with Crippen molar-refractivity contribution in [1.29, 1.82) is 0 Å². The zero-order valence-corrected chi connectivity index (χ0v) is 14.6. The van der Waals surface area contributed by atoms with Crippen LogP contribution in [0.5, 0.6) is 0 Å². The average molecular weight is 368 g/mol. The molecule has 0 saturated heterocycles. The second-order valence-corrected chi connectivity index (χ2v) is 6.22. The molecule has 0 aliphatic rings. The fourth-order valence-corrected chi connectivity index (χ4v) is 3.16. The quantitative estimate of drug-likeness (QED) is 0.587. The molecule has 4 aromatic rings. The molecule has 0 radical (unpaired) electrons. The number of aromatic nitrogens is 3. The summed E-state index contributed by atoms with van der Waals surface area (Å²) in [6.07, 6.45) is 3.42. The molecule has 4 rings (SSSR count). The Morgan fingerprint density at radius 3 is 2.93 bits per heavy atom. The number of benzene rings is 1. The van der Waals surface area contributed by atoms with Crippen LogP contribution in [0.25, 0.3) is 16.6 Å². The number of hydrogen-bond donors (Lipinski definition) is 1. The molecule has 7 nitrogen and oxygen atoms in total. The molecule has 0 bridgehead atoms. The fourth-order valence-electron chi connectivity index (χ4n) is 3.16. The van der Waals surface area contributed by atoms with E-state index in [4.69, 9.17) is 4.42 Å². The fraction of sp³-hybridized carbons (Fsp3) is 0.211. The van der Waals surface area contributed by atoms with Crippen molar-refractivity contribution in [3.8, 4) is 0 Å². The van der Waals surface area contributed by atoms with Crippen LogP contribution in [-0.2, 0) is 11.3 Å². The lowest BCUT2D eigenvalue weighted by Crippen LogP contribution is -2.38. The Morgan fingerprint density at radius 1 is 1.30 bits per heavy atom. The smallest absolute Gasteiger partial charge is 0.291 e. The molecule has 3 heterocycles. The van der Waals surface area contributed by atoms with E-state index in [9.17, 15) is 14.0 Å². The summed E-state index contributed by atoms with van der Waals surface area (Å²) in [5.74, 6) is -0.717. The minimum atomic E-state index is -0.766. The highest BCUT2D eigenvalue weighted by Crippen LogP contribution is 2.19. The standard InChI is InChI=1S/C19H17FN4O3/c1-2-14(18(25)21-10-12-4-3-5-13(20)8-12)24-19(26)16-9-17-15(6-7-27-17)23(16)11-22-24/h3-9,11,14H,2,10H2,1H3,(H,21,25). The Labute approximate surface area is 153 Å². The van der Waals surface area contributed by atoms with Gasteiger partial charge in [-0.15, -0.1) is 0 Å². The van der Waals surface area contributed by atoms with Gasteiger partial charge in [0.15, 0.2) is 5.58 Å². The summed E-state index contributed by atoms with van der Waals surface area (Å²) < 4.78 is 21.4. The molecule has 0 aliphatic carbocycles. The van der Waals surface area contributed by atoms with Gasteiger partial charge < -0.3 is 9.73 Å². The number of carbonyl (C=O) groups excluding carboxylic acids is 1. The van der Waals surface area contributed by atoms with Crippen LogP contribution >= 0.6 is 0 Å². The first-order valence-corrected chi connectivity index (χ1v) is 8.56. The minimum absolute atomic E-state index is 0.169. The van der Waals surface area contributed by atoms with Crippen LogP contribution in [0.1, 0.15) is 24.9 Å². The molecule has 27 heavy (non-hydrogen) atoms. The van der Waals surface area contributed by atoms with Crippen molar-refractivity contribution >= 4 is 22.5 Å². The molecule has 138 valence electrons. The van der Waals surface area contributed by atoms with Gasteiger partial charge in [-0.3, -0.25) is 14.0 Å². The van der Waals surface area contributed by atoms with Crippen molar-refractivity contribution < 1.29 is 13.6 Å². The largest absolute Gasteiger partial charge is 0.463 e. The summed E-state index contributed by atoms with van der Waals surface area (Å²) in [6.45, 7) is 1.97. The normalized spacial score (nSPS) is 12.5. The summed E-state index contributed by atoms with van der Waals surface area (Å²) in [4.78, 5) is 25.4. The number of hydrogen-bond acceptors (Lipinski definition) is 4. The third-order valence-corrected chi connectivity index (χ3v) is 4.52. The maximum absolute atomic E-state index is 13.3. The predicted molar refractivity (Wildman–Crippen MR) is 96.8 cm³/mol. The number of carbonyl (C=O) groups is 1. The van der Waals surface area contributed by atoms with Gasteiger partial charge >= 0.3 is 0 Å². The number of nitrogens with one attached hydrogen (secondary N) is 1. The van der Waals surface area contributed by atoms with Crippen molar-refractivity contribution in [2.24, 2.45) is 0 Å². The monoisotopic (exact) mass is 368 g/mol. The summed E-state index contributed by atoms with van der Waals surface area (Å²) in [6, 6.07) is 8.61.